The van der Waals surface area contributed by atoms with Gasteiger partial charge in [-0.2, -0.15) is 0 Å². The van der Waals surface area contributed by atoms with Crippen LogP contribution in [0.3, 0.4) is 0 Å². The Balaban J connectivity index is 1.07. The molecule has 218 valence electrons. The molecule has 7 atom stereocenters. The summed E-state index contributed by atoms with van der Waals surface area (Å²) < 4.78 is 43.0. The van der Waals surface area contributed by atoms with E-state index in [1.54, 1.807) is 0 Å². The molecule has 41 heavy (non-hydrogen) atoms. The number of anilines is 2. The molecule has 0 bridgehead atoms. The maximum atomic E-state index is 14.6. The zero-order valence-electron chi connectivity index (χ0n) is 21.5. The van der Waals surface area contributed by atoms with Crippen LogP contribution in [0.1, 0.15) is 18.9 Å². The Kier molecular flexibility index (Phi) is 7.67. The number of aliphatic hydroxyl groups excluding tert-OH is 3. The topological polar surface area (TPSA) is 190 Å². The quantitative estimate of drug-likeness (QED) is 0.162. The second-order valence-electron chi connectivity index (χ2n) is 9.59. The standard InChI is InChI=1S/C24H28F2N10O5/c25-13-5-12(6-37)40-23(13)35-10-33-16-19(29-8-31-21(16)35)27-3-1-2-4-28-20-17-22(32-9-30-20)36(11-34-17)24-15(26)18(39)14(7-38)41-24/h1-2,8-15,18,23-24,37-39H,3-7H2,(H,27,29,31)(H,28,30,32)/b2-1+/t12?,13-,14?,15-,18-,23?,24?/m1/s1. The average Bonchev–Trinajstić information content (AvgIpc) is 3.76. The molecule has 17 heteroatoms. The molecule has 0 saturated carbocycles. The molecular weight excluding hydrogens is 546 g/mol. The smallest absolute Gasteiger partial charge is 0.173 e. The largest absolute Gasteiger partial charge is 0.394 e. The fourth-order valence-electron chi connectivity index (χ4n) is 4.95. The summed E-state index contributed by atoms with van der Waals surface area (Å²) in [7, 11) is 0. The van der Waals surface area contributed by atoms with Gasteiger partial charge in [0.25, 0.3) is 0 Å². The van der Waals surface area contributed by atoms with Crippen molar-refractivity contribution >= 4 is 34.0 Å². The summed E-state index contributed by atoms with van der Waals surface area (Å²) in [6.45, 7) is 0.00980. The SMILES string of the molecule is OCC1C[C@@H](F)C(n2cnc3c(NC/C=C/CNc4ncnc5c4ncn5C4OC(CO)[C@@H](O)[C@H]4F)ncnc32)O1. The maximum Gasteiger partial charge on any atom is 0.173 e. The van der Waals surface area contributed by atoms with Crippen molar-refractivity contribution in [2.75, 3.05) is 36.9 Å². The maximum absolute atomic E-state index is 14.6. The van der Waals surface area contributed by atoms with Gasteiger partial charge in [0.2, 0.25) is 0 Å². The van der Waals surface area contributed by atoms with E-state index in [2.05, 4.69) is 40.5 Å². The first-order valence-corrected chi connectivity index (χ1v) is 13.0. The monoisotopic (exact) mass is 574 g/mol. The van der Waals surface area contributed by atoms with Gasteiger partial charge in [-0.25, -0.2) is 38.7 Å². The molecule has 2 fully saturated rings. The summed E-state index contributed by atoms with van der Waals surface area (Å²) in [4.78, 5) is 25.5. The number of halogens is 2. The highest BCUT2D eigenvalue weighted by Gasteiger charge is 2.45. The summed E-state index contributed by atoms with van der Waals surface area (Å²) in [5.41, 5.74) is 1.58. The van der Waals surface area contributed by atoms with Crippen LogP contribution in [0.4, 0.5) is 20.4 Å². The number of aromatic nitrogens is 8. The molecule has 4 aromatic heterocycles. The van der Waals surface area contributed by atoms with Crippen LogP contribution >= 0.6 is 0 Å². The summed E-state index contributed by atoms with van der Waals surface area (Å²) in [5, 5.41) is 34.8. The minimum absolute atomic E-state index is 0.0977. The molecule has 6 rings (SSSR count). The molecule has 15 nitrogen and oxygen atoms in total. The third-order valence-corrected chi connectivity index (χ3v) is 7.01. The zero-order valence-corrected chi connectivity index (χ0v) is 21.5. The van der Waals surface area contributed by atoms with Gasteiger partial charge in [0.05, 0.1) is 32.0 Å². The normalized spacial score (nSPS) is 28.4. The first-order chi connectivity index (χ1) is 20.0. The van der Waals surface area contributed by atoms with Gasteiger partial charge in [0.15, 0.2) is 52.6 Å². The molecule has 2 aliphatic rings. The van der Waals surface area contributed by atoms with Crippen molar-refractivity contribution in [1.29, 1.82) is 0 Å². The number of hydrogen-bond acceptors (Lipinski definition) is 13. The highest BCUT2D eigenvalue weighted by atomic mass is 19.1. The van der Waals surface area contributed by atoms with Crippen LogP contribution in [0.5, 0.6) is 0 Å². The first-order valence-electron chi connectivity index (χ1n) is 13.0. The van der Waals surface area contributed by atoms with E-state index < -0.39 is 49.7 Å². The third-order valence-electron chi connectivity index (χ3n) is 7.01. The summed E-state index contributed by atoms with van der Waals surface area (Å²) in [6, 6.07) is 0. The van der Waals surface area contributed by atoms with E-state index in [0.29, 0.717) is 47.1 Å². The highest BCUT2D eigenvalue weighted by molar-refractivity contribution is 5.83. The van der Waals surface area contributed by atoms with Crippen LogP contribution in [0.25, 0.3) is 22.3 Å². The van der Waals surface area contributed by atoms with Crippen LogP contribution in [0, 0.1) is 0 Å². The number of fused-ring (bicyclic) bond motifs is 2. The second kappa shape index (κ2) is 11.5. The molecule has 0 radical (unpaired) electrons. The van der Waals surface area contributed by atoms with E-state index in [0.717, 1.165) is 0 Å². The van der Waals surface area contributed by atoms with Gasteiger partial charge in [-0.3, -0.25) is 9.13 Å². The van der Waals surface area contributed by atoms with E-state index in [9.17, 15) is 24.1 Å². The van der Waals surface area contributed by atoms with E-state index in [1.807, 2.05) is 12.2 Å². The summed E-state index contributed by atoms with van der Waals surface area (Å²) in [5.74, 6) is 0.890. The molecule has 4 unspecified atom stereocenters. The number of hydrogen-bond donors (Lipinski definition) is 5. The van der Waals surface area contributed by atoms with Crippen LogP contribution in [-0.4, -0.2) is 111 Å². The van der Waals surface area contributed by atoms with Gasteiger partial charge in [-0.15, -0.1) is 0 Å². The Morgan fingerprint density at radius 3 is 1.93 bits per heavy atom. The van der Waals surface area contributed by atoms with Crippen LogP contribution in [0.2, 0.25) is 0 Å². The van der Waals surface area contributed by atoms with Crippen molar-refractivity contribution in [3.05, 3.63) is 37.5 Å². The fraction of sp³-hybridized carbons (Fsp3) is 0.500. The van der Waals surface area contributed by atoms with Crippen LogP contribution < -0.4 is 10.6 Å². The van der Waals surface area contributed by atoms with Gasteiger partial charge in [0, 0.05) is 19.5 Å². The van der Waals surface area contributed by atoms with E-state index in [1.165, 1.54) is 34.4 Å². The highest BCUT2D eigenvalue weighted by Crippen LogP contribution is 2.35. The Hall–Kier alpha value is -3.90. The molecule has 0 aromatic carbocycles. The molecule has 0 spiro atoms. The Labute approximate surface area is 230 Å². The molecule has 6 heterocycles. The first kappa shape index (κ1) is 27.3. The molecule has 5 N–H and O–H groups in total. The molecule has 0 amide bonds. The summed E-state index contributed by atoms with van der Waals surface area (Å²) >= 11 is 0. The number of rotatable bonds is 10. The number of alkyl halides is 2. The zero-order chi connectivity index (χ0) is 28.5. The van der Waals surface area contributed by atoms with E-state index in [4.69, 9.17) is 9.47 Å². The molecule has 2 aliphatic heterocycles. The third kappa shape index (κ3) is 5.06. The number of nitrogens with zero attached hydrogens (tertiary/aromatic N) is 8. The van der Waals surface area contributed by atoms with E-state index >= 15 is 0 Å². The number of aliphatic hydroxyl groups is 3. The van der Waals surface area contributed by atoms with Crippen LogP contribution in [-0.2, 0) is 9.47 Å². The number of nitrogens with one attached hydrogen (secondary N) is 2. The van der Waals surface area contributed by atoms with Crippen molar-refractivity contribution in [1.82, 2.24) is 39.0 Å². The van der Waals surface area contributed by atoms with Crippen molar-refractivity contribution in [2.45, 2.75) is 49.5 Å². The van der Waals surface area contributed by atoms with Gasteiger partial charge in [-0.1, -0.05) is 12.2 Å². The predicted octanol–water partition coefficient (Wildman–Crippen LogP) is 0.253. The lowest BCUT2D eigenvalue weighted by molar-refractivity contribution is -0.0459. The van der Waals surface area contributed by atoms with Gasteiger partial charge < -0.3 is 35.4 Å². The van der Waals surface area contributed by atoms with Crippen molar-refractivity contribution < 1.29 is 33.6 Å². The van der Waals surface area contributed by atoms with Crippen molar-refractivity contribution in [3.8, 4) is 0 Å². The van der Waals surface area contributed by atoms with Crippen molar-refractivity contribution in [2.24, 2.45) is 0 Å². The Bertz CT molecular complexity index is 1540. The lowest BCUT2D eigenvalue weighted by Gasteiger charge is -2.15. The van der Waals surface area contributed by atoms with Crippen molar-refractivity contribution in [3.63, 3.8) is 0 Å². The lowest BCUT2D eigenvalue weighted by atomic mass is 10.1. The molecule has 2 saturated heterocycles. The lowest BCUT2D eigenvalue weighted by Crippen LogP contribution is -2.30. The van der Waals surface area contributed by atoms with Gasteiger partial charge in [-0.05, 0) is 0 Å². The van der Waals surface area contributed by atoms with Gasteiger partial charge in [0.1, 0.15) is 31.0 Å². The molecular formula is C24H28F2N10O5. The average molecular weight is 575 g/mol. The number of imidazole rings is 2. The fourth-order valence-corrected chi connectivity index (χ4v) is 4.95. The summed E-state index contributed by atoms with van der Waals surface area (Å²) in [6.07, 6.45) is 1.05. The minimum atomic E-state index is -1.76. The van der Waals surface area contributed by atoms with Crippen LogP contribution in [0.15, 0.2) is 37.5 Å². The number of ether oxygens (including phenoxy) is 2. The molecule has 4 aromatic rings. The predicted molar refractivity (Wildman–Crippen MR) is 139 cm³/mol. The Morgan fingerprint density at radius 1 is 0.829 bits per heavy atom. The molecule has 0 aliphatic carbocycles. The van der Waals surface area contributed by atoms with E-state index in [-0.39, 0.29) is 13.0 Å². The Morgan fingerprint density at radius 2 is 1.41 bits per heavy atom. The minimum Gasteiger partial charge on any atom is -0.394 e. The second-order valence-corrected chi connectivity index (χ2v) is 9.59. The van der Waals surface area contributed by atoms with Gasteiger partial charge >= 0.3 is 0 Å².